The second-order valence-electron chi connectivity index (χ2n) is 6.57. The fraction of sp³-hybridized carbons (Fsp3) is 0.706. The third-order valence-corrected chi connectivity index (χ3v) is 5.47. The Morgan fingerprint density at radius 3 is 2.64 bits per heavy atom. The topological polar surface area (TPSA) is 62.9 Å². The molecule has 122 valence electrons. The molecule has 0 unspecified atom stereocenters. The highest BCUT2D eigenvalue weighted by molar-refractivity contribution is 5.91. The van der Waals surface area contributed by atoms with E-state index in [1.165, 1.54) is 0 Å². The van der Waals surface area contributed by atoms with Crippen LogP contribution in [0.3, 0.4) is 0 Å². The first-order chi connectivity index (χ1) is 10.5. The van der Waals surface area contributed by atoms with Gasteiger partial charge in [-0.1, -0.05) is 0 Å². The number of furan rings is 1. The molecule has 3 rings (SSSR count). The van der Waals surface area contributed by atoms with E-state index in [0.29, 0.717) is 25.5 Å². The summed E-state index contributed by atoms with van der Waals surface area (Å²) in [5.41, 5.74) is 0.851. The summed E-state index contributed by atoms with van der Waals surface area (Å²) in [6, 6.07) is 1.81. The quantitative estimate of drug-likeness (QED) is 0.930. The van der Waals surface area contributed by atoms with Crippen LogP contribution in [0.4, 0.5) is 0 Å². The predicted molar refractivity (Wildman–Crippen MR) is 81.8 cm³/mol. The van der Waals surface area contributed by atoms with E-state index < -0.39 is 0 Å². The van der Waals surface area contributed by atoms with Crippen LogP contribution in [-0.2, 0) is 4.74 Å². The summed E-state index contributed by atoms with van der Waals surface area (Å²) < 4.78 is 11.3. The lowest BCUT2D eigenvalue weighted by Gasteiger charge is -2.56. The second-order valence-corrected chi connectivity index (χ2v) is 6.57. The van der Waals surface area contributed by atoms with E-state index in [0.717, 1.165) is 30.6 Å². The minimum absolute atomic E-state index is 0.0483. The second kappa shape index (κ2) is 5.70. The van der Waals surface area contributed by atoms with Gasteiger partial charge in [0.05, 0.1) is 12.2 Å². The van der Waals surface area contributed by atoms with Gasteiger partial charge in [-0.25, -0.2) is 0 Å². The monoisotopic (exact) mass is 307 g/mol. The van der Waals surface area contributed by atoms with E-state index in [-0.39, 0.29) is 23.5 Å². The van der Waals surface area contributed by atoms with Crippen molar-refractivity contribution in [3.05, 3.63) is 23.2 Å². The van der Waals surface area contributed by atoms with Crippen LogP contribution in [-0.4, -0.2) is 47.8 Å². The van der Waals surface area contributed by atoms with Crippen LogP contribution in [0.25, 0.3) is 0 Å². The van der Waals surface area contributed by atoms with Crippen molar-refractivity contribution in [1.29, 1.82) is 0 Å². The maximum Gasteiger partial charge on any atom is 0.289 e. The number of carbonyl (C=O) groups is 1. The van der Waals surface area contributed by atoms with Gasteiger partial charge >= 0.3 is 0 Å². The molecular formula is C17H25NO4. The van der Waals surface area contributed by atoms with E-state index in [4.69, 9.17) is 9.15 Å². The zero-order chi connectivity index (χ0) is 15.9. The molecule has 0 aromatic carbocycles. The Morgan fingerprint density at radius 1 is 1.45 bits per heavy atom. The number of aryl methyl sites for hydroxylation is 2. The minimum Gasteiger partial charge on any atom is -0.456 e. The average Bonchev–Trinajstić information content (AvgIpc) is 2.86. The fourth-order valence-electron chi connectivity index (χ4n) is 3.78. The van der Waals surface area contributed by atoms with E-state index in [9.17, 15) is 9.90 Å². The van der Waals surface area contributed by atoms with E-state index in [1.54, 1.807) is 0 Å². The number of hydrogen-bond acceptors (Lipinski definition) is 4. The van der Waals surface area contributed by atoms with Gasteiger partial charge in [0.15, 0.2) is 5.76 Å². The maximum atomic E-state index is 12.5. The summed E-state index contributed by atoms with van der Waals surface area (Å²) in [6.45, 7) is 7.77. The molecule has 2 atom stereocenters. The molecule has 0 radical (unpaired) electrons. The first-order valence-electron chi connectivity index (χ1n) is 8.14. The van der Waals surface area contributed by atoms with Crippen molar-refractivity contribution in [2.24, 2.45) is 5.41 Å². The van der Waals surface area contributed by atoms with Gasteiger partial charge in [0.25, 0.3) is 5.91 Å². The third kappa shape index (κ3) is 2.36. The van der Waals surface area contributed by atoms with Crippen molar-refractivity contribution in [2.75, 3.05) is 19.7 Å². The fourth-order valence-corrected chi connectivity index (χ4v) is 3.78. The van der Waals surface area contributed by atoms with Crippen LogP contribution in [0, 0.1) is 19.3 Å². The van der Waals surface area contributed by atoms with Gasteiger partial charge in [-0.05, 0) is 45.2 Å². The van der Waals surface area contributed by atoms with Crippen LogP contribution >= 0.6 is 0 Å². The molecule has 1 saturated heterocycles. The lowest BCUT2D eigenvalue weighted by atomic mass is 9.58. The first-order valence-corrected chi connectivity index (χ1v) is 8.14. The van der Waals surface area contributed by atoms with E-state index in [1.807, 2.05) is 31.7 Å². The number of amides is 1. The van der Waals surface area contributed by atoms with Gasteiger partial charge < -0.3 is 19.2 Å². The Morgan fingerprint density at radius 2 is 2.14 bits per heavy atom. The summed E-state index contributed by atoms with van der Waals surface area (Å²) in [7, 11) is 0. The molecule has 1 aromatic heterocycles. The number of piperidine rings is 1. The van der Waals surface area contributed by atoms with Gasteiger partial charge in [0, 0.05) is 31.5 Å². The predicted octanol–water partition coefficient (Wildman–Crippen LogP) is 2.29. The smallest absolute Gasteiger partial charge is 0.289 e. The van der Waals surface area contributed by atoms with Crippen molar-refractivity contribution in [3.8, 4) is 0 Å². The highest BCUT2D eigenvalue weighted by Gasteiger charge is 2.56. The number of carbonyl (C=O) groups excluding carboxylic acids is 1. The van der Waals surface area contributed by atoms with Crippen LogP contribution in [0.2, 0.25) is 0 Å². The zero-order valence-corrected chi connectivity index (χ0v) is 13.6. The van der Waals surface area contributed by atoms with Crippen molar-refractivity contribution in [3.63, 3.8) is 0 Å². The largest absolute Gasteiger partial charge is 0.456 e. The number of hydrogen-bond donors (Lipinski definition) is 1. The van der Waals surface area contributed by atoms with Gasteiger partial charge in [0.2, 0.25) is 0 Å². The highest BCUT2D eigenvalue weighted by atomic mass is 16.5. The van der Waals surface area contributed by atoms with Gasteiger partial charge in [-0.15, -0.1) is 0 Å². The van der Waals surface area contributed by atoms with Gasteiger partial charge in [0.1, 0.15) is 5.76 Å². The molecule has 5 nitrogen and oxygen atoms in total. The average molecular weight is 307 g/mol. The summed E-state index contributed by atoms with van der Waals surface area (Å²) >= 11 is 0. The molecule has 1 amide bonds. The number of likely N-dealkylation sites (tertiary alicyclic amines) is 1. The molecule has 1 N–H and O–H groups in total. The van der Waals surface area contributed by atoms with Gasteiger partial charge in [-0.3, -0.25) is 4.79 Å². The number of ether oxygens (including phenoxy) is 1. The SMILES string of the molecule is CCO[C@H]1C[C@@H](O)C12CCN(C(=O)c1cc(C)c(C)o1)CC2. The Hall–Kier alpha value is -1.33. The van der Waals surface area contributed by atoms with Crippen molar-refractivity contribution in [1.82, 2.24) is 4.90 Å². The molecular weight excluding hydrogens is 282 g/mol. The molecule has 1 aliphatic heterocycles. The Bertz CT molecular complexity index is 536. The normalized spacial score (nSPS) is 27.0. The molecule has 2 aliphatic rings. The van der Waals surface area contributed by atoms with Crippen LogP contribution < -0.4 is 0 Å². The number of aliphatic hydroxyl groups is 1. The van der Waals surface area contributed by atoms with E-state index in [2.05, 4.69) is 0 Å². The maximum absolute atomic E-state index is 12.5. The Balaban J connectivity index is 1.65. The van der Waals surface area contributed by atoms with Crippen LogP contribution in [0.1, 0.15) is 48.1 Å². The Labute approximate surface area is 131 Å². The lowest BCUT2D eigenvalue weighted by Crippen LogP contribution is -2.62. The molecule has 0 bridgehead atoms. The summed E-state index contributed by atoms with van der Waals surface area (Å²) in [6.07, 6.45) is 2.15. The van der Waals surface area contributed by atoms with Crippen LogP contribution in [0.5, 0.6) is 0 Å². The molecule has 5 heteroatoms. The van der Waals surface area contributed by atoms with Crippen LogP contribution in [0.15, 0.2) is 10.5 Å². The third-order valence-electron chi connectivity index (χ3n) is 5.47. The van der Waals surface area contributed by atoms with E-state index >= 15 is 0 Å². The molecule has 2 fully saturated rings. The standard InChI is InChI=1S/C17H25NO4/c1-4-21-15-10-14(19)17(15)5-7-18(8-6-17)16(20)13-9-11(2)12(3)22-13/h9,14-15,19H,4-8,10H2,1-3H3/t14-,15+/m1/s1. The number of rotatable bonds is 3. The number of nitrogens with zero attached hydrogens (tertiary/aromatic N) is 1. The molecule has 1 saturated carbocycles. The molecule has 1 aromatic rings. The lowest BCUT2D eigenvalue weighted by molar-refractivity contribution is -0.207. The zero-order valence-electron chi connectivity index (χ0n) is 13.6. The first kappa shape index (κ1) is 15.6. The Kier molecular flexibility index (Phi) is 4.03. The molecule has 1 aliphatic carbocycles. The van der Waals surface area contributed by atoms with Crippen molar-refractivity contribution >= 4 is 5.91 Å². The van der Waals surface area contributed by atoms with Crippen molar-refractivity contribution in [2.45, 2.75) is 52.2 Å². The minimum atomic E-state index is -0.297. The molecule has 2 heterocycles. The van der Waals surface area contributed by atoms with Gasteiger partial charge in [-0.2, -0.15) is 0 Å². The van der Waals surface area contributed by atoms with Crippen molar-refractivity contribution < 1.29 is 19.1 Å². The molecule has 22 heavy (non-hydrogen) atoms. The highest BCUT2D eigenvalue weighted by Crippen LogP contribution is 2.51. The summed E-state index contributed by atoms with van der Waals surface area (Å²) in [5.74, 6) is 1.16. The molecule has 1 spiro atoms. The summed E-state index contributed by atoms with van der Waals surface area (Å²) in [4.78, 5) is 14.3. The summed E-state index contributed by atoms with van der Waals surface area (Å²) in [5, 5.41) is 10.2. The number of aliphatic hydroxyl groups excluding tert-OH is 1.